The highest BCUT2D eigenvalue weighted by Gasteiger charge is 2.13. The number of rotatable bonds is 3. The van der Waals surface area contributed by atoms with Crippen LogP contribution in [0.2, 0.25) is 5.02 Å². The van der Waals surface area contributed by atoms with E-state index in [0.717, 1.165) is 0 Å². The lowest BCUT2D eigenvalue weighted by molar-refractivity contribution is 0.0993. The number of halogens is 1. The fourth-order valence-electron chi connectivity index (χ4n) is 1.49. The first kappa shape index (κ1) is 13.8. The summed E-state index contributed by atoms with van der Waals surface area (Å²) in [6.07, 6.45) is 1.20. The minimum absolute atomic E-state index is 0.0642. The van der Waals surface area contributed by atoms with Crippen LogP contribution in [0.15, 0.2) is 36.5 Å². The van der Waals surface area contributed by atoms with Crippen molar-refractivity contribution < 1.29 is 14.7 Å². The Kier molecular flexibility index (Phi) is 3.86. The number of benzene rings is 1. The van der Waals surface area contributed by atoms with E-state index >= 15 is 0 Å². The first-order valence-corrected chi connectivity index (χ1v) is 5.91. The van der Waals surface area contributed by atoms with Gasteiger partial charge in [-0.25, -0.2) is 0 Å². The largest absolute Gasteiger partial charge is 0.506 e. The molecule has 1 aromatic heterocycles. The van der Waals surface area contributed by atoms with Gasteiger partial charge in [-0.05, 0) is 24.3 Å². The molecule has 20 heavy (non-hydrogen) atoms. The Morgan fingerprint density at radius 1 is 1.25 bits per heavy atom. The molecule has 6 nitrogen and oxygen atoms in total. The van der Waals surface area contributed by atoms with Crippen molar-refractivity contribution >= 4 is 29.1 Å². The molecule has 2 amide bonds. The molecule has 0 unspecified atom stereocenters. The molecule has 4 N–H and O–H groups in total. The van der Waals surface area contributed by atoms with Gasteiger partial charge in [0.1, 0.15) is 17.1 Å². The molecule has 102 valence electrons. The van der Waals surface area contributed by atoms with E-state index in [1.165, 1.54) is 30.5 Å². The molecule has 0 aliphatic rings. The van der Waals surface area contributed by atoms with Crippen LogP contribution in [-0.2, 0) is 0 Å². The molecule has 0 atom stereocenters. The smallest absolute Gasteiger partial charge is 0.274 e. The van der Waals surface area contributed by atoms with E-state index in [1.807, 2.05) is 0 Å². The van der Waals surface area contributed by atoms with Crippen molar-refractivity contribution in [2.24, 2.45) is 5.73 Å². The van der Waals surface area contributed by atoms with Crippen LogP contribution in [-0.4, -0.2) is 21.9 Å². The third kappa shape index (κ3) is 2.86. The number of nitrogens with two attached hydrogens (primary N) is 1. The van der Waals surface area contributed by atoms with E-state index in [-0.39, 0.29) is 27.7 Å². The number of phenols is 1. The first-order valence-electron chi connectivity index (χ1n) is 5.53. The fraction of sp³-hybridized carbons (Fsp3) is 0. The van der Waals surface area contributed by atoms with Crippen molar-refractivity contribution in [1.82, 2.24) is 4.98 Å². The molecule has 1 heterocycles. The van der Waals surface area contributed by atoms with E-state index in [0.29, 0.717) is 0 Å². The van der Waals surface area contributed by atoms with Crippen LogP contribution in [0, 0.1) is 0 Å². The Bertz CT molecular complexity index is 651. The summed E-state index contributed by atoms with van der Waals surface area (Å²) in [6.45, 7) is 0. The zero-order valence-corrected chi connectivity index (χ0v) is 10.9. The van der Waals surface area contributed by atoms with Gasteiger partial charge in [0.25, 0.3) is 5.91 Å². The van der Waals surface area contributed by atoms with E-state index in [4.69, 9.17) is 17.3 Å². The highest BCUT2D eigenvalue weighted by atomic mass is 35.5. The second-order valence-electron chi connectivity index (χ2n) is 3.88. The Balaban J connectivity index is 2.22. The van der Waals surface area contributed by atoms with Gasteiger partial charge in [0.15, 0.2) is 0 Å². The predicted molar refractivity (Wildman–Crippen MR) is 73.8 cm³/mol. The maximum Gasteiger partial charge on any atom is 0.274 e. The van der Waals surface area contributed by atoms with E-state index < -0.39 is 11.8 Å². The van der Waals surface area contributed by atoms with Gasteiger partial charge < -0.3 is 16.2 Å². The maximum absolute atomic E-state index is 11.9. The molecule has 0 aliphatic heterocycles. The average Bonchev–Trinajstić information content (AvgIpc) is 2.43. The molecule has 0 fully saturated rings. The van der Waals surface area contributed by atoms with Crippen molar-refractivity contribution in [3.63, 3.8) is 0 Å². The lowest BCUT2D eigenvalue weighted by Crippen LogP contribution is -2.16. The monoisotopic (exact) mass is 291 g/mol. The van der Waals surface area contributed by atoms with Gasteiger partial charge in [-0.1, -0.05) is 17.7 Å². The Labute approximate surface area is 119 Å². The number of carbonyl (C=O) groups excluding carboxylic acids is 2. The zero-order chi connectivity index (χ0) is 14.7. The van der Waals surface area contributed by atoms with Crippen LogP contribution in [0.5, 0.6) is 5.75 Å². The molecular weight excluding hydrogens is 282 g/mol. The summed E-state index contributed by atoms with van der Waals surface area (Å²) in [5.74, 6) is -1.35. The highest BCUT2D eigenvalue weighted by Crippen LogP contribution is 2.31. The second kappa shape index (κ2) is 5.58. The third-order valence-corrected chi connectivity index (χ3v) is 2.83. The molecule has 0 aliphatic carbocycles. The maximum atomic E-state index is 11.9. The van der Waals surface area contributed by atoms with Crippen molar-refractivity contribution in [2.75, 3.05) is 5.32 Å². The first-order chi connectivity index (χ1) is 9.49. The summed E-state index contributed by atoms with van der Waals surface area (Å²) in [5, 5.41) is 12.3. The standard InChI is InChI=1S/C13H10ClN3O3/c14-8-2-1-3-10(18)11(8)17-13(20)9-5-4-7(6-16-9)12(15)19/h1-6,18H,(H2,15,19)(H,17,20). The molecule has 2 rings (SSSR count). The Morgan fingerprint density at radius 2 is 2.00 bits per heavy atom. The number of aromatic nitrogens is 1. The van der Waals surface area contributed by atoms with E-state index in [2.05, 4.69) is 10.3 Å². The van der Waals surface area contributed by atoms with Crippen LogP contribution < -0.4 is 11.1 Å². The van der Waals surface area contributed by atoms with E-state index in [9.17, 15) is 14.7 Å². The van der Waals surface area contributed by atoms with Gasteiger partial charge in [0.2, 0.25) is 5.91 Å². The number of aromatic hydroxyl groups is 1. The van der Waals surface area contributed by atoms with Gasteiger partial charge in [-0.2, -0.15) is 0 Å². The molecule has 0 bridgehead atoms. The summed E-state index contributed by atoms with van der Waals surface area (Å²) in [6, 6.07) is 7.21. The SMILES string of the molecule is NC(=O)c1ccc(C(=O)Nc2c(O)cccc2Cl)nc1. The van der Waals surface area contributed by atoms with Crippen molar-refractivity contribution in [2.45, 2.75) is 0 Å². The lowest BCUT2D eigenvalue weighted by atomic mass is 10.2. The molecule has 0 saturated carbocycles. The predicted octanol–water partition coefficient (Wildman–Crippen LogP) is 1.79. The number of para-hydroxylation sites is 1. The summed E-state index contributed by atoms with van der Waals surface area (Å²) < 4.78 is 0. The summed E-state index contributed by atoms with van der Waals surface area (Å²) in [5.41, 5.74) is 5.43. The number of phenolic OH excluding ortho intramolecular Hbond substituents is 1. The lowest BCUT2D eigenvalue weighted by Gasteiger charge is -2.08. The summed E-state index contributed by atoms with van der Waals surface area (Å²) >= 11 is 5.87. The average molecular weight is 292 g/mol. The number of nitrogens with one attached hydrogen (secondary N) is 1. The van der Waals surface area contributed by atoms with Gasteiger partial charge in [0.05, 0.1) is 10.6 Å². The van der Waals surface area contributed by atoms with Gasteiger partial charge in [-0.3, -0.25) is 14.6 Å². The number of carbonyl (C=O) groups is 2. The zero-order valence-electron chi connectivity index (χ0n) is 10.1. The van der Waals surface area contributed by atoms with Gasteiger partial charge >= 0.3 is 0 Å². The molecule has 0 spiro atoms. The number of nitrogens with zero attached hydrogens (tertiary/aromatic N) is 1. The number of anilines is 1. The van der Waals surface area contributed by atoms with Crippen LogP contribution >= 0.6 is 11.6 Å². The quantitative estimate of drug-likeness (QED) is 0.750. The van der Waals surface area contributed by atoms with Crippen LogP contribution in [0.1, 0.15) is 20.8 Å². The van der Waals surface area contributed by atoms with Crippen molar-refractivity contribution in [3.8, 4) is 5.75 Å². The van der Waals surface area contributed by atoms with Crippen LogP contribution in [0.3, 0.4) is 0 Å². The van der Waals surface area contributed by atoms with Crippen LogP contribution in [0.4, 0.5) is 5.69 Å². The summed E-state index contributed by atoms with van der Waals surface area (Å²) in [7, 11) is 0. The minimum Gasteiger partial charge on any atom is -0.506 e. The molecule has 0 saturated heterocycles. The minimum atomic E-state index is -0.631. The fourth-order valence-corrected chi connectivity index (χ4v) is 1.70. The highest BCUT2D eigenvalue weighted by molar-refractivity contribution is 6.34. The Morgan fingerprint density at radius 3 is 2.55 bits per heavy atom. The molecule has 1 aromatic carbocycles. The Hall–Kier alpha value is -2.60. The van der Waals surface area contributed by atoms with Gasteiger partial charge in [0, 0.05) is 6.20 Å². The molecule has 7 heteroatoms. The number of hydrogen-bond donors (Lipinski definition) is 3. The van der Waals surface area contributed by atoms with Crippen molar-refractivity contribution in [3.05, 3.63) is 52.8 Å². The molecule has 2 aromatic rings. The second-order valence-corrected chi connectivity index (χ2v) is 4.29. The normalized spacial score (nSPS) is 10.1. The topological polar surface area (TPSA) is 105 Å². The number of amides is 2. The molecular formula is C13H10ClN3O3. The summed E-state index contributed by atoms with van der Waals surface area (Å²) in [4.78, 5) is 26.7. The number of primary amides is 1. The van der Waals surface area contributed by atoms with Gasteiger partial charge in [-0.15, -0.1) is 0 Å². The third-order valence-electron chi connectivity index (χ3n) is 2.51. The number of hydrogen-bond acceptors (Lipinski definition) is 4. The molecule has 0 radical (unpaired) electrons. The number of pyridine rings is 1. The van der Waals surface area contributed by atoms with Crippen molar-refractivity contribution in [1.29, 1.82) is 0 Å². The van der Waals surface area contributed by atoms with E-state index in [1.54, 1.807) is 6.07 Å². The van der Waals surface area contributed by atoms with Crippen LogP contribution in [0.25, 0.3) is 0 Å².